The number of amides is 1. The highest BCUT2D eigenvalue weighted by Crippen LogP contribution is 2.28. The third-order valence-corrected chi connectivity index (χ3v) is 4.90. The second kappa shape index (κ2) is 4.70. The van der Waals surface area contributed by atoms with Crippen molar-refractivity contribution in [2.75, 3.05) is 0 Å². The number of rotatable bonds is 3. The molecule has 0 spiro atoms. The van der Waals surface area contributed by atoms with E-state index < -0.39 is 0 Å². The summed E-state index contributed by atoms with van der Waals surface area (Å²) in [6.45, 7) is 1.97. The summed E-state index contributed by atoms with van der Waals surface area (Å²) in [6.07, 6.45) is 4.21. The number of hydrogen-bond donors (Lipinski definition) is 1. The molecule has 2 heterocycles. The van der Waals surface area contributed by atoms with E-state index in [2.05, 4.69) is 10.3 Å². The van der Waals surface area contributed by atoms with Crippen LogP contribution in [0.4, 0.5) is 0 Å². The molecule has 1 saturated carbocycles. The highest BCUT2D eigenvalue weighted by Gasteiger charge is 2.26. The predicted molar refractivity (Wildman–Crippen MR) is 83.7 cm³/mol. The Labute approximate surface area is 126 Å². The molecule has 4 nitrogen and oxygen atoms in total. The maximum atomic E-state index is 12.2. The first-order valence-electron chi connectivity index (χ1n) is 7.07. The molecule has 2 aromatic heterocycles. The molecule has 3 aromatic rings. The molecule has 0 radical (unpaired) electrons. The van der Waals surface area contributed by atoms with Gasteiger partial charge in [0.1, 0.15) is 4.88 Å². The molecule has 0 saturated heterocycles. The number of imidazole rings is 1. The Kier molecular flexibility index (Phi) is 2.82. The zero-order valence-corrected chi connectivity index (χ0v) is 12.5. The van der Waals surface area contributed by atoms with Crippen LogP contribution >= 0.6 is 11.3 Å². The molecule has 4 rings (SSSR count). The third-order valence-electron chi connectivity index (χ3n) is 3.75. The Morgan fingerprint density at radius 1 is 1.33 bits per heavy atom. The Hall–Kier alpha value is -2.14. The second-order valence-corrected chi connectivity index (χ2v) is 6.39. The Balaban J connectivity index is 1.72. The van der Waals surface area contributed by atoms with E-state index in [-0.39, 0.29) is 5.91 Å². The maximum absolute atomic E-state index is 12.2. The lowest BCUT2D eigenvalue weighted by Crippen LogP contribution is -2.25. The van der Waals surface area contributed by atoms with Crippen molar-refractivity contribution in [3.05, 3.63) is 47.1 Å². The molecule has 106 valence electrons. The maximum Gasteiger partial charge on any atom is 0.263 e. The summed E-state index contributed by atoms with van der Waals surface area (Å²) in [7, 11) is 0. The zero-order valence-electron chi connectivity index (χ0n) is 11.7. The van der Waals surface area contributed by atoms with Gasteiger partial charge in [-0.2, -0.15) is 0 Å². The molecule has 1 fully saturated rings. The molecular weight excluding hydrogens is 282 g/mol. The molecule has 1 N–H and O–H groups in total. The van der Waals surface area contributed by atoms with Gasteiger partial charge < -0.3 is 5.32 Å². The summed E-state index contributed by atoms with van der Waals surface area (Å²) < 4.78 is 2.01. The monoisotopic (exact) mass is 297 g/mol. The summed E-state index contributed by atoms with van der Waals surface area (Å²) >= 11 is 1.46. The molecule has 5 heteroatoms. The first kappa shape index (κ1) is 12.6. The molecule has 0 bridgehead atoms. The van der Waals surface area contributed by atoms with Crippen molar-refractivity contribution >= 4 is 22.2 Å². The third kappa shape index (κ3) is 2.23. The number of nitrogens with one attached hydrogen (secondary N) is 1. The van der Waals surface area contributed by atoms with Crippen molar-refractivity contribution in [2.24, 2.45) is 0 Å². The standard InChI is InChI=1S/C16H15N3OS/c1-10-14(15(20)17-12-7-8-12)21-16-18-13(9-19(10)16)11-5-3-2-4-6-11/h2-6,9,12H,7-8H2,1H3,(H,17,20). The minimum absolute atomic E-state index is 0.0340. The average Bonchev–Trinajstić information content (AvgIpc) is 3.12. The Morgan fingerprint density at radius 3 is 2.76 bits per heavy atom. The van der Waals surface area contributed by atoms with E-state index >= 15 is 0 Å². The highest BCUT2D eigenvalue weighted by molar-refractivity contribution is 7.19. The van der Waals surface area contributed by atoms with Crippen LogP contribution in [0.15, 0.2) is 36.5 Å². The Morgan fingerprint density at radius 2 is 2.10 bits per heavy atom. The first-order valence-corrected chi connectivity index (χ1v) is 7.89. The van der Waals surface area contributed by atoms with Crippen molar-refractivity contribution in [3.8, 4) is 11.3 Å². The van der Waals surface area contributed by atoms with Gasteiger partial charge in [-0.05, 0) is 19.8 Å². The fraction of sp³-hybridized carbons (Fsp3) is 0.250. The van der Waals surface area contributed by atoms with Gasteiger partial charge in [-0.3, -0.25) is 9.20 Å². The summed E-state index contributed by atoms with van der Waals surface area (Å²) in [5.41, 5.74) is 3.00. The van der Waals surface area contributed by atoms with Gasteiger partial charge in [0.2, 0.25) is 0 Å². The largest absolute Gasteiger partial charge is 0.349 e. The van der Waals surface area contributed by atoms with Crippen molar-refractivity contribution in [2.45, 2.75) is 25.8 Å². The number of hydrogen-bond acceptors (Lipinski definition) is 3. The topological polar surface area (TPSA) is 46.4 Å². The molecule has 1 amide bonds. The van der Waals surface area contributed by atoms with Gasteiger partial charge in [0.05, 0.1) is 5.69 Å². The van der Waals surface area contributed by atoms with E-state index in [1.807, 2.05) is 47.9 Å². The second-order valence-electron chi connectivity index (χ2n) is 5.41. The number of carbonyl (C=O) groups excluding carboxylic acids is 1. The lowest BCUT2D eigenvalue weighted by atomic mass is 10.2. The smallest absolute Gasteiger partial charge is 0.263 e. The van der Waals surface area contributed by atoms with Crippen LogP contribution in [0, 0.1) is 6.92 Å². The lowest BCUT2D eigenvalue weighted by Gasteiger charge is -2.01. The van der Waals surface area contributed by atoms with Crippen LogP contribution in [0.2, 0.25) is 0 Å². The van der Waals surface area contributed by atoms with E-state index in [0.717, 1.165) is 39.6 Å². The fourth-order valence-electron chi connectivity index (χ4n) is 2.39. The van der Waals surface area contributed by atoms with Crippen molar-refractivity contribution in [1.29, 1.82) is 0 Å². The molecule has 1 aromatic carbocycles. The molecular formula is C16H15N3OS. The molecule has 0 atom stereocenters. The normalized spacial score (nSPS) is 14.5. The quantitative estimate of drug-likeness (QED) is 0.806. The van der Waals surface area contributed by atoms with Crippen LogP contribution in [0.25, 0.3) is 16.2 Å². The van der Waals surface area contributed by atoms with Crippen molar-refractivity contribution < 1.29 is 4.79 Å². The van der Waals surface area contributed by atoms with Gasteiger partial charge in [-0.25, -0.2) is 4.98 Å². The molecule has 0 unspecified atom stereocenters. The SMILES string of the molecule is Cc1c(C(=O)NC2CC2)sc2nc(-c3ccccc3)cn12. The number of benzene rings is 1. The van der Waals surface area contributed by atoms with Crippen LogP contribution in [-0.4, -0.2) is 21.3 Å². The minimum Gasteiger partial charge on any atom is -0.349 e. The fourth-order valence-corrected chi connectivity index (χ4v) is 3.40. The predicted octanol–water partition coefficient (Wildman–Crippen LogP) is 3.26. The van der Waals surface area contributed by atoms with E-state index in [9.17, 15) is 4.79 Å². The number of thiazole rings is 1. The van der Waals surface area contributed by atoms with Gasteiger partial charge in [0.25, 0.3) is 5.91 Å². The average molecular weight is 297 g/mol. The summed E-state index contributed by atoms with van der Waals surface area (Å²) in [6, 6.07) is 10.5. The first-order chi connectivity index (χ1) is 10.2. The van der Waals surface area contributed by atoms with Crippen LogP contribution in [-0.2, 0) is 0 Å². The minimum atomic E-state index is 0.0340. The van der Waals surface area contributed by atoms with E-state index in [4.69, 9.17) is 0 Å². The highest BCUT2D eigenvalue weighted by atomic mass is 32.1. The summed E-state index contributed by atoms with van der Waals surface area (Å²) in [4.78, 5) is 18.5. The van der Waals surface area contributed by atoms with Crippen LogP contribution in [0.1, 0.15) is 28.2 Å². The summed E-state index contributed by atoms with van der Waals surface area (Å²) in [5, 5.41) is 3.04. The van der Waals surface area contributed by atoms with Crippen molar-refractivity contribution in [1.82, 2.24) is 14.7 Å². The van der Waals surface area contributed by atoms with E-state index in [0.29, 0.717) is 6.04 Å². The van der Waals surface area contributed by atoms with Gasteiger partial charge >= 0.3 is 0 Å². The van der Waals surface area contributed by atoms with Crippen LogP contribution < -0.4 is 5.32 Å². The van der Waals surface area contributed by atoms with Gasteiger partial charge in [-0.1, -0.05) is 41.7 Å². The number of aromatic nitrogens is 2. The summed E-state index contributed by atoms with van der Waals surface area (Å²) in [5.74, 6) is 0.0340. The van der Waals surface area contributed by atoms with Crippen LogP contribution in [0.3, 0.4) is 0 Å². The molecule has 1 aliphatic rings. The zero-order chi connectivity index (χ0) is 14.4. The number of nitrogens with zero attached hydrogens (tertiary/aromatic N) is 2. The van der Waals surface area contributed by atoms with Gasteiger partial charge in [-0.15, -0.1) is 0 Å². The Bertz CT molecular complexity index is 815. The van der Waals surface area contributed by atoms with Crippen LogP contribution in [0.5, 0.6) is 0 Å². The number of carbonyl (C=O) groups is 1. The lowest BCUT2D eigenvalue weighted by molar-refractivity contribution is 0.0954. The molecule has 21 heavy (non-hydrogen) atoms. The van der Waals surface area contributed by atoms with Gasteiger partial charge in [0.15, 0.2) is 4.96 Å². The molecule has 1 aliphatic carbocycles. The van der Waals surface area contributed by atoms with E-state index in [1.54, 1.807) is 0 Å². The number of fused-ring (bicyclic) bond motifs is 1. The molecule has 0 aliphatic heterocycles. The van der Waals surface area contributed by atoms with Crippen molar-refractivity contribution in [3.63, 3.8) is 0 Å². The van der Waals surface area contributed by atoms with Gasteiger partial charge in [0, 0.05) is 23.5 Å². The number of aryl methyl sites for hydroxylation is 1. The van der Waals surface area contributed by atoms with E-state index in [1.165, 1.54) is 11.3 Å².